The first-order chi connectivity index (χ1) is 11.1. The van der Waals surface area contributed by atoms with Crippen LogP contribution in [0.1, 0.15) is 61.3 Å². The summed E-state index contributed by atoms with van der Waals surface area (Å²) in [6.45, 7) is 1.34. The van der Waals surface area contributed by atoms with Crippen LogP contribution >= 0.6 is 0 Å². The summed E-state index contributed by atoms with van der Waals surface area (Å²) in [6.07, 6.45) is 11.1. The molecule has 3 rings (SSSR count). The average molecular weight is 319 g/mol. The third-order valence-electron chi connectivity index (χ3n) is 4.89. The molecule has 3 amide bonds. The number of hydrogen-bond donors (Lipinski definition) is 2. The Kier molecular flexibility index (Phi) is 4.83. The number of nitrogens with two attached hydrogens (primary N) is 1. The second kappa shape index (κ2) is 7.02. The molecule has 1 unspecified atom stereocenters. The Bertz CT molecular complexity index is 563. The minimum atomic E-state index is -0.475. The molecule has 7 heteroatoms. The normalized spacial score (nSPS) is 22.8. The van der Waals surface area contributed by atoms with Gasteiger partial charge < -0.3 is 16.0 Å². The largest absolute Gasteiger partial charge is 0.366 e. The molecule has 0 radical (unpaired) electrons. The van der Waals surface area contributed by atoms with Crippen LogP contribution in [0.15, 0.2) is 12.4 Å². The van der Waals surface area contributed by atoms with Crippen molar-refractivity contribution in [3.8, 4) is 0 Å². The Balaban J connectivity index is 1.53. The fourth-order valence-electron chi connectivity index (χ4n) is 3.50. The average Bonchev–Trinajstić information content (AvgIpc) is 3.13. The summed E-state index contributed by atoms with van der Waals surface area (Å²) in [7, 11) is 0. The van der Waals surface area contributed by atoms with Crippen molar-refractivity contribution in [1.82, 2.24) is 20.0 Å². The van der Waals surface area contributed by atoms with E-state index in [4.69, 9.17) is 5.73 Å². The van der Waals surface area contributed by atoms with Crippen LogP contribution in [0.4, 0.5) is 4.79 Å². The van der Waals surface area contributed by atoms with Crippen LogP contribution < -0.4 is 11.1 Å². The SMILES string of the molecule is NC(=O)c1cnn(C2CCN(C(=O)NC3CCCCCC3)C2)c1. The number of aromatic nitrogens is 2. The zero-order valence-electron chi connectivity index (χ0n) is 13.4. The molecular formula is C16H25N5O2. The maximum atomic E-state index is 12.4. The summed E-state index contributed by atoms with van der Waals surface area (Å²) in [5, 5.41) is 7.38. The molecule has 126 valence electrons. The number of urea groups is 1. The Morgan fingerprint density at radius 2 is 1.91 bits per heavy atom. The Labute approximate surface area is 136 Å². The quantitative estimate of drug-likeness (QED) is 0.830. The predicted molar refractivity (Wildman–Crippen MR) is 86.0 cm³/mol. The van der Waals surface area contributed by atoms with Crippen LogP contribution in [-0.4, -0.2) is 45.8 Å². The van der Waals surface area contributed by atoms with Gasteiger partial charge in [-0.25, -0.2) is 4.79 Å². The molecule has 2 aliphatic rings. The van der Waals surface area contributed by atoms with Crippen molar-refractivity contribution in [3.63, 3.8) is 0 Å². The van der Waals surface area contributed by atoms with Gasteiger partial charge in [-0.2, -0.15) is 5.10 Å². The number of carbonyl (C=O) groups is 2. The van der Waals surface area contributed by atoms with Crippen molar-refractivity contribution in [2.45, 2.75) is 57.0 Å². The number of rotatable bonds is 3. The van der Waals surface area contributed by atoms with Crippen molar-refractivity contribution in [1.29, 1.82) is 0 Å². The Morgan fingerprint density at radius 3 is 2.57 bits per heavy atom. The van der Waals surface area contributed by atoms with Gasteiger partial charge in [-0.15, -0.1) is 0 Å². The van der Waals surface area contributed by atoms with Crippen LogP contribution in [-0.2, 0) is 0 Å². The second-order valence-electron chi connectivity index (χ2n) is 6.60. The number of hydrogen-bond acceptors (Lipinski definition) is 3. The molecule has 7 nitrogen and oxygen atoms in total. The molecule has 1 aliphatic heterocycles. The summed E-state index contributed by atoms with van der Waals surface area (Å²) >= 11 is 0. The molecule has 23 heavy (non-hydrogen) atoms. The molecule has 1 aromatic rings. The van der Waals surface area contributed by atoms with E-state index in [1.165, 1.54) is 31.9 Å². The third-order valence-corrected chi connectivity index (χ3v) is 4.89. The first-order valence-electron chi connectivity index (χ1n) is 8.53. The maximum Gasteiger partial charge on any atom is 0.317 e. The van der Waals surface area contributed by atoms with Crippen molar-refractivity contribution < 1.29 is 9.59 Å². The van der Waals surface area contributed by atoms with Crippen molar-refractivity contribution in [3.05, 3.63) is 18.0 Å². The van der Waals surface area contributed by atoms with E-state index in [0.29, 0.717) is 18.2 Å². The molecule has 1 atom stereocenters. The van der Waals surface area contributed by atoms with Crippen LogP contribution in [0, 0.1) is 0 Å². The minimum Gasteiger partial charge on any atom is -0.366 e. The van der Waals surface area contributed by atoms with Gasteiger partial charge in [0.1, 0.15) is 0 Å². The number of amides is 3. The summed E-state index contributed by atoms with van der Waals surface area (Å²) in [5.41, 5.74) is 5.66. The highest BCUT2D eigenvalue weighted by Gasteiger charge is 2.29. The van der Waals surface area contributed by atoms with Crippen LogP contribution in [0.2, 0.25) is 0 Å². The first kappa shape index (κ1) is 15.8. The number of likely N-dealkylation sites (tertiary alicyclic amines) is 1. The van der Waals surface area contributed by atoms with Gasteiger partial charge in [-0.3, -0.25) is 9.48 Å². The zero-order chi connectivity index (χ0) is 16.2. The third kappa shape index (κ3) is 3.83. The van der Waals surface area contributed by atoms with Gasteiger partial charge >= 0.3 is 6.03 Å². The van der Waals surface area contributed by atoms with Crippen molar-refractivity contribution >= 4 is 11.9 Å². The standard InChI is InChI=1S/C16H25N5O2/c17-15(22)12-9-18-21(10-12)14-7-8-20(11-14)16(23)19-13-5-3-1-2-4-6-13/h9-10,13-14H,1-8,11H2,(H2,17,22)(H,19,23). The molecule has 1 saturated heterocycles. The van der Waals surface area contributed by atoms with Gasteiger partial charge in [0, 0.05) is 25.3 Å². The molecule has 1 saturated carbocycles. The predicted octanol–water partition coefficient (Wildman–Crippen LogP) is 1.66. The van der Waals surface area contributed by atoms with Gasteiger partial charge in [0.15, 0.2) is 0 Å². The maximum absolute atomic E-state index is 12.4. The van der Waals surface area contributed by atoms with Crippen LogP contribution in [0.5, 0.6) is 0 Å². The lowest BCUT2D eigenvalue weighted by Crippen LogP contribution is -2.43. The topological polar surface area (TPSA) is 93.2 Å². The van der Waals surface area contributed by atoms with Gasteiger partial charge in [-0.05, 0) is 19.3 Å². The molecule has 0 bridgehead atoms. The summed E-state index contributed by atoms with van der Waals surface area (Å²) < 4.78 is 1.75. The molecule has 3 N–H and O–H groups in total. The zero-order valence-corrected chi connectivity index (χ0v) is 13.4. The molecular weight excluding hydrogens is 294 g/mol. The van der Waals surface area contributed by atoms with Crippen LogP contribution in [0.3, 0.4) is 0 Å². The molecule has 1 aliphatic carbocycles. The lowest BCUT2D eigenvalue weighted by Gasteiger charge is -2.22. The molecule has 0 aromatic carbocycles. The second-order valence-corrected chi connectivity index (χ2v) is 6.60. The van der Waals surface area contributed by atoms with Crippen LogP contribution in [0.25, 0.3) is 0 Å². The van der Waals surface area contributed by atoms with Crippen molar-refractivity contribution in [2.24, 2.45) is 5.73 Å². The minimum absolute atomic E-state index is 0.0293. The smallest absolute Gasteiger partial charge is 0.317 e. The van der Waals surface area contributed by atoms with Crippen molar-refractivity contribution in [2.75, 3.05) is 13.1 Å². The fraction of sp³-hybridized carbons (Fsp3) is 0.688. The summed E-state index contributed by atoms with van der Waals surface area (Å²) in [4.78, 5) is 25.4. The number of carbonyl (C=O) groups excluding carboxylic acids is 2. The van der Waals surface area contributed by atoms with Gasteiger partial charge in [0.2, 0.25) is 0 Å². The van der Waals surface area contributed by atoms with Gasteiger partial charge in [-0.1, -0.05) is 25.7 Å². The molecule has 0 spiro atoms. The highest BCUT2D eigenvalue weighted by Crippen LogP contribution is 2.22. The first-order valence-corrected chi connectivity index (χ1v) is 8.53. The lowest BCUT2D eigenvalue weighted by atomic mass is 10.1. The summed E-state index contributed by atoms with van der Waals surface area (Å²) in [6, 6.07) is 0.458. The number of primary amides is 1. The van der Waals surface area contributed by atoms with Gasteiger partial charge in [0.05, 0.1) is 17.8 Å². The van der Waals surface area contributed by atoms with E-state index >= 15 is 0 Å². The van der Waals surface area contributed by atoms with E-state index in [0.717, 1.165) is 25.8 Å². The van der Waals surface area contributed by atoms with E-state index in [9.17, 15) is 9.59 Å². The highest BCUT2D eigenvalue weighted by molar-refractivity contribution is 5.92. The fourth-order valence-corrected chi connectivity index (χ4v) is 3.50. The van der Waals surface area contributed by atoms with E-state index in [-0.39, 0.29) is 12.1 Å². The lowest BCUT2D eigenvalue weighted by molar-refractivity contribution is 0.1000. The highest BCUT2D eigenvalue weighted by atomic mass is 16.2. The van der Waals surface area contributed by atoms with Gasteiger partial charge in [0.25, 0.3) is 5.91 Å². The van der Waals surface area contributed by atoms with E-state index < -0.39 is 5.91 Å². The number of nitrogens with one attached hydrogen (secondary N) is 1. The summed E-state index contributed by atoms with van der Waals surface area (Å²) in [5.74, 6) is -0.475. The Morgan fingerprint density at radius 1 is 1.17 bits per heavy atom. The van der Waals surface area contributed by atoms with E-state index in [1.807, 2.05) is 4.90 Å². The van der Waals surface area contributed by atoms with E-state index in [1.54, 1.807) is 10.9 Å². The molecule has 2 fully saturated rings. The number of nitrogens with zero attached hydrogens (tertiary/aromatic N) is 3. The Hall–Kier alpha value is -2.05. The van der Waals surface area contributed by atoms with E-state index in [2.05, 4.69) is 10.4 Å². The molecule has 1 aromatic heterocycles. The monoisotopic (exact) mass is 319 g/mol. The molecule has 2 heterocycles.